The highest BCUT2D eigenvalue weighted by molar-refractivity contribution is 5.82. The lowest BCUT2D eigenvalue weighted by Crippen LogP contribution is -2.62. The third kappa shape index (κ3) is 7.75. The van der Waals surface area contributed by atoms with Crippen molar-refractivity contribution in [1.82, 2.24) is 25.6 Å². The molecule has 2 aliphatic rings. The molecule has 0 spiro atoms. The van der Waals surface area contributed by atoms with E-state index in [2.05, 4.69) is 95.0 Å². The Hall–Kier alpha value is -2.20. The monoisotopic (exact) mass is 560 g/mol. The normalized spacial score (nSPS) is 22.4. The molecular weight excluding hydrogens is 504 g/mol. The average Bonchev–Trinajstić information content (AvgIpc) is 2.75. The second-order valence-electron chi connectivity index (χ2n) is 15.0. The van der Waals surface area contributed by atoms with E-state index in [1.54, 1.807) is 13.8 Å². The summed E-state index contributed by atoms with van der Waals surface area (Å²) in [7, 11) is 1.40. The topological polar surface area (TPSA) is 108 Å². The standard InChI is InChI=1S/C30H56N8O2/c1-14-37(20-16-26(3,4)35-27(5,6)17-20)24-31-23(34-30(11,12)22(39)40-13)32-25(33-24)38(15-2)21-18-28(7,8)36-29(9,10)19-21/h20-21,35-36H,14-19H2,1-13H3,(H,31,32,33,34). The van der Waals surface area contributed by atoms with Crippen LogP contribution in [0.5, 0.6) is 0 Å². The van der Waals surface area contributed by atoms with E-state index in [0.29, 0.717) is 17.8 Å². The SMILES string of the molecule is CCN(c1nc(NC(C)(C)C(=O)OC)nc(N(CC)C2CC(C)(C)NC(C)(C)C2)n1)C1CC(C)(C)NC(C)(C)C1. The number of hydrogen-bond donors (Lipinski definition) is 3. The second-order valence-corrected chi connectivity index (χ2v) is 15.0. The highest BCUT2D eigenvalue weighted by Gasteiger charge is 2.42. The van der Waals surface area contributed by atoms with Gasteiger partial charge in [-0.2, -0.15) is 15.0 Å². The molecule has 2 aliphatic heterocycles. The van der Waals surface area contributed by atoms with Crippen LogP contribution in [0.15, 0.2) is 0 Å². The Morgan fingerprint density at radius 3 is 1.45 bits per heavy atom. The summed E-state index contributed by atoms with van der Waals surface area (Å²) in [5.41, 5.74) is -1.09. The van der Waals surface area contributed by atoms with Crippen LogP contribution < -0.4 is 25.8 Å². The van der Waals surface area contributed by atoms with Crippen LogP contribution >= 0.6 is 0 Å². The first-order valence-corrected chi connectivity index (χ1v) is 15.0. The molecule has 2 fully saturated rings. The van der Waals surface area contributed by atoms with Gasteiger partial charge in [-0.25, -0.2) is 4.79 Å². The molecule has 0 aliphatic carbocycles. The molecule has 1 aromatic heterocycles. The summed E-state index contributed by atoms with van der Waals surface area (Å²) in [4.78, 5) is 32.2. The number of carbonyl (C=O) groups excluding carboxylic acids is 1. The third-order valence-corrected chi connectivity index (χ3v) is 8.15. The number of methoxy groups -OCH3 is 1. The van der Waals surface area contributed by atoms with Gasteiger partial charge < -0.3 is 30.5 Å². The molecule has 2 saturated heterocycles. The maximum atomic E-state index is 12.6. The van der Waals surface area contributed by atoms with Crippen LogP contribution in [0.1, 0.15) is 109 Å². The molecule has 10 heteroatoms. The minimum absolute atomic E-state index is 0.0225. The number of esters is 1. The van der Waals surface area contributed by atoms with Crippen LogP contribution in [0.25, 0.3) is 0 Å². The van der Waals surface area contributed by atoms with E-state index in [-0.39, 0.29) is 40.2 Å². The lowest BCUT2D eigenvalue weighted by Gasteiger charge is -2.50. The number of aromatic nitrogens is 3. The Morgan fingerprint density at radius 1 is 0.800 bits per heavy atom. The number of nitrogens with one attached hydrogen (secondary N) is 3. The molecule has 0 aromatic carbocycles. The van der Waals surface area contributed by atoms with Crippen LogP contribution in [0.2, 0.25) is 0 Å². The van der Waals surface area contributed by atoms with E-state index in [1.165, 1.54) is 7.11 Å². The minimum Gasteiger partial charge on any atom is -0.467 e. The van der Waals surface area contributed by atoms with Gasteiger partial charge in [0.05, 0.1) is 7.11 Å². The van der Waals surface area contributed by atoms with Gasteiger partial charge in [0.25, 0.3) is 0 Å². The summed E-state index contributed by atoms with van der Waals surface area (Å²) in [6, 6.07) is 0.500. The maximum absolute atomic E-state index is 12.6. The van der Waals surface area contributed by atoms with E-state index in [4.69, 9.17) is 19.7 Å². The van der Waals surface area contributed by atoms with Crippen LogP contribution in [0.4, 0.5) is 17.8 Å². The van der Waals surface area contributed by atoms with Gasteiger partial charge >= 0.3 is 5.97 Å². The number of anilines is 3. The molecule has 0 atom stereocenters. The summed E-state index contributed by atoms with van der Waals surface area (Å²) >= 11 is 0. The molecule has 3 N–H and O–H groups in total. The smallest absolute Gasteiger partial charge is 0.330 e. The van der Waals surface area contributed by atoms with Gasteiger partial charge in [0.15, 0.2) is 0 Å². The lowest BCUT2D eigenvalue weighted by molar-refractivity contribution is -0.144. The molecule has 0 saturated carbocycles. The number of piperidine rings is 2. The van der Waals surface area contributed by atoms with Crippen LogP contribution in [-0.2, 0) is 9.53 Å². The van der Waals surface area contributed by atoms with E-state index in [9.17, 15) is 4.79 Å². The van der Waals surface area contributed by atoms with E-state index >= 15 is 0 Å². The van der Waals surface area contributed by atoms with Crippen LogP contribution in [0, 0.1) is 0 Å². The Kier molecular flexibility index (Phi) is 9.07. The highest BCUT2D eigenvalue weighted by atomic mass is 16.5. The van der Waals surface area contributed by atoms with Crippen molar-refractivity contribution in [3.05, 3.63) is 0 Å². The molecule has 228 valence electrons. The average molecular weight is 561 g/mol. The van der Waals surface area contributed by atoms with Crippen LogP contribution in [-0.4, -0.2) is 80.9 Å². The molecule has 1 aromatic rings. The number of nitrogens with zero attached hydrogens (tertiary/aromatic N) is 5. The first-order valence-electron chi connectivity index (χ1n) is 15.0. The van der Waals surface area contributed by atoms with Crippen LogP contribution in [0.3, 0.4) is 0 Å². The number of rotatable bonds is 9. The largest absolute Gasteiger partial charge is 0.467 e. The first kappa shape index (κ1) is 32.3. The fourth-order valence-corrected chi connectivity index (χ4v) is 7.36. The molecule has 0 bridgehead atoms. The van der Waals surface area contributed by atoms with Gasteiger partial charge in [0.1, 0.15) is 5.54 Å². The van der Waals surface area contributed by atoms with Crippen molar-refractivity contribution in [2.24, 2.45) is 0 Å². The molecular formula is C30H56N8O2. The zero-order valence-electron chi connectivity index (χ0n) is 27.4. The van der Waals surface area contributed by atoms with E-state index < -0.39 is 5.54 Å². The molecule has 40 heavy (non-hydrogen) atoms. The van der Waals surface area contributed by atoms with Crippen molar-refractivity contribution in [3.8, 4) is 0 Å². The molecule has 3 rings (SSSR count). The Balaban J connectivity index is 2.11. The number of ether oxygens (including phenoxy) is 1. The maximum Gasteiger partial charge on any atom is 0.330 e. The van der Waals surface area contributed by atoms with Gasteiger partial charge in [0.2, 0.25) is 17.8 Å². The third-order valence-electron chi connectivity index (χ3n) is 8.15. The molecule has 0 unspecified atom stereocenters. The Morgan fingerprint density at radius 2 is 1.15 bits per heavy atom. The van der Waals surface area contributed by atoms with Gasteiger partial charge in [-0.15, -0.1) is 0 Å². The lowest BCUT2D eigenvalue weighted by atomic mass is 9.79. The van der Waals surface area contributed by atoms with Crippen molar-refractivity contribution in [1.29, 1.82) is 0 Å². The molecule has 0 amide bonds. The Labute approximate surface area is 242 Å². The predicted molar refractivity (Wildman–Crippen MR) is 164 cm³/mol. The predicted octanol–water partition coefficient (Wildman–Crippen LogP) is 4.51. The summed E-state index contributed by atoms with van der Waals surface area (Å²) in [5, 5.41) is 10.8. The minimum atomic E-state index is -1.00. The summed E-state index contributed by atoms with van der Waals surface area (Å²) in [5.74, 6) is 1.28. The van der Waals surface area contributed by atoms with E-state index in [0.717, 1.165) is 38.8 Å². The van der Waals surface area contributed by atoms with Crippen molar-refractivity contribution >= 4 is 23.8 Å². The summed E-state index contributed by atoms with van der Waals surface area (Å²) < 4.78 is 5.06. The molecule has 3 heterocycles. The highest BCUT2D eigenvalue weighted by Crippen LogP contribution is 2.36. The summed E-state index contributed by atoms with van der Waals surface area (Å²) in [6.07, 6.45) is 3.87. The van der Waals surface area contributed by atoms with Crippen molar-refractivity contribution < 1.29 is 9.53 Å². The van der Waals surface area contributed by atoms with Gasteiger partial charge in [0, 0.05) is 47.3 Å². The van der Waals surface area contributed by atoms with Gasteiger partial charge in [-0.05, 0) is 109 Å². The quantitative estimate of drug-likeness (QED) is 0.374. The fraction of sp³-hybridized carbons (Fsp3) is 0.867. The number of hydrogen-bond acceptors (Lipinski definition) is 10. The molecule has 0 radical (unpaired) electrons. The van der Waals surface area contributed by atoms with E-state index in [1.807, 2.05) is 0 Å². The second kappa shape index (κ2) is 11.2. The Bertz CT molecular complexity index is 956. The first-order chi connectivity index (χ1) is 18.2. The number of carbonyl (C=O) groups is 1. The van der Waals surface area contributed by atoms with Crippen molar-refractivity contribution in [2.75, 3.05) is 35.3 Å². The van der Waals surface area contributed by atoms with Crippen molar-refractivity contribution in [3.63, 3.8) is 0 Å². The van der Waals surface area contributed by atoms with Gasteiger partial charge in [-0.1, -0.05) is 0 Å². The zero-order chi connectivity index (χ0) is 30.3. The zero-order valence-corrected chi connectivity index (χ0v) is 27.4. The molecule has 10 nitrogen and oxygen atoms in total. The fourth-order valence-electron chi connectivity index (χ4n) is 7.36. The summed E-state index contributed by atoms with van der Waals surface area (Å²) in [6.45, 7) is 27.5. The van der Waals surface area contributed by atoms with Crippen molar-refractivity contribution in [2.45, 2.75) is 149 Å². The van der Waals surface area contributed by atoms with Gasteiger partial charge in [-0.3, -0.25) is 0 Å².